The molecule has 0 unspecified atom stereocenters. The molecule has 0 aliphatic rings. The Bertz CT molecular complexity index is 223. The van der Waals surface area contributed by atoms with E-state index in [0.717, 1.165) is 11.0 Å². The zero-order valence-electron chi connectivity index (χ0n) is 6.70. The first-order chi connectivity index (χ1) is 4.20. The fraction of sp³-hybridized carbons (Fsp3) is 0.250. The van der Waals surface area contributed by atoms with Crippen LogP contribution in [0.2, 0.25) is 0 Å². The Balaban J connectivity index is 0. The molecule has 2 nitrogen and oxygen atoms in total. The molecule has 0 radical (unpaired) electrons. The largest absolute Gasteiger partial charge is 0.870 e. The maximum Gasteiger partial charge on any atom is -0.870 e. The zero-order valence-corrected chi connectivity index (χ0v) is 6.70. The van der Waals surface area contributed by atoms with Gasteiger partial charge in [0.1, 0.15) is 0 Å². The van der Waals surface area contributed by atoms with Crippen LogP contribution >= 0.6 is 0 Å². The van der Waals surface area contributed by atoms with Crippen LogP contribution in [0.4, 0.5) is 0 Å². The van der Waals surface area contributed by atoms with Gasteiger partial charge < -0.3 is 11.0 Å². The maximum absolute atomic E-state index is 5.59. The van der Waals surface area contributed by atoms with E-state index in [-0.39, 0.29) is 11.0 Å². The van der Waals surface area contributed by atoms with Crippen LogP contribution in [0.15, 0.2) is 18.2 Å². The van der Waals surface area contributed by atoms with Crippen molar-refractivity contribution in [3.05, 3.63) is 29.3 Å². The molecule has 0 atom stereocenters. The predicted molar refractivity (Wildman–Crippen MR) is 45.2 cm³/mol. The summed E-state index contributed by atoms with van der Waals surface area (Å²) in [5.41, 5.74) is 3.30. The minimum Gasteiger partial charge on any atom is -0.870 e. The van der Waals surface area contributed by atoms with Gasteiger partial charge in [-0.15, -0.1) is 0 Å². The van der Waals surface area contributed by atoms with Crippen molar-refractivity contribution >= 4 is 13.3 Å². The molecule has 0 saturated heterocycles. The summed E-state index contributed by atoms with van der Waals surface area (Å²) < 4.78 is 0. The summed E-state index contributed by atoms with van der Waals surface area (Å²) >= 11 is 0. The molecule has 0 saturated carbocycles. The van der Waals surface area contributed by atoms with Gasteiger partial charge in [0.2, 0.25) is 0 Å². The molecule has 3 heteroatoms. The van der Waals surface area contributed by atoms with Gasteiger partial charge in [0.25, 0.3) is 0 Å². The molecule has 0 heterocycles. The first kappa shape index (κ1) is 12.8. The Morgan fingerprint density at radius 1 is 1.09 bits per heavy atom. The number of rotatable bonds is 0. The van der Waals surface area contributed by atoms with E-state index in [1.165, 1.54) is 5.56 Å². The van der Waals surface area contributed by atoms with E-state index in [1.807, 2.05) is 19.1 Å². The third-order valence-corrected chi connectivity index (χ3v) is 1.43. The summed E-state index contributed by atoms with van der Waals surface area (Å²) in [4.78, 5) is 0. The second-order valence-corrected chi connectivity index (χ2v) is 2.36. The summed E-state index contributed by atoms with van der Waals surface area (Å²) in [7, 11) is 5.59. The van der Waals surface area contributed by atoms with E-state index in [2.05, 4.69) is 13.0 Å². The van der Waals surface area contributed by atoms with Gasteiger partial charge in [0, 0.05) is 0 Å². The normalized spacial score (nSPS) is 8.00. The van der Waals surface area contributed by atoms with Crippen LogP contribution in [0.1, 0.15) is 11.1 Å². The van der Waals surface area contributed by atoms with Gasteiger partial charge in [-0.3, -0.25) is 0 Å². The minimum atomic E-state index is 0. The van der Waals surface area contributed by atoms with E-state index in [1.54, 1.807) is 0 Å². The van der Waals surface area contributed by atoms with Crippen molar-refractivity contribution in [1.82, 2.24) is 0 Å². The van der Waals surface area contributed by atoms with Crippen molar-refractivity contribution < 1.29 is 11.0 Å². The van der Waals surface area contributed by atoms with Crippen molar-refractivity contribution in [2.24, 2.45) is 0 Å². The summed E-state index contributed by atoms with van der Waals surface area (Å²) in [6, 6.07) is 6.03. The Morgan fingerprint density at radius 3 is 2.00 bits per heavy atom. The van der Waals surface area contributed by atoms with Crippen LogP contribution < -0.4 is 5.46 Å². The van der Waals surface area contributed by atoms with Gasteiger partial charge in [0.15, 0.2) is 0 Å². The average Bonchev–Trinajstić information content (AvgIpc) is 1.80. The van der Waals surface area contributed by atoms with Crippen LogP contribution in [-0.4, -0.2) is 18.8 Å². The second-order valence-electron chi connectivity index (χ2n) is 2.36. The van der Waals surface area contributed by atoms with Gasteiger partial charge >= 0.3 is 56.5 Å². The van der Waals surface area contributed by atoms with E-state index in [9.17, 15) is 0 Å². The molecule has 11 heavy (non-hydrogen) atoms. The summed E-state index contributed by atoms with van der Waals surface area (Å²) in [6.45, 7) is 4.08. The average molecular weight is 150 g/mol. The van der Waals surface area contributed by atoms with E-state index >= 15 is 0 Å². The molecule has 0 aromatic heterocycles. The van der Waals surface area contributed by atoms with Crippen LogP contribution in [-0.2, 0) is 0 Å². The predicted octanol–water partition coefficient (Wildman–Crippen LogP) is 0.744. The van der Waals surface area contributed by atoms with E-state index < -0.39 is 0 Å². The molecule has 1 rings (SSSR count). The standard InChI is InChI=1S/C8H9B.2H2O/c1-6-3-4-8(9)7(2)5-6;;/h3-5H,1-2H3;2*1H2/q+2;;/p-2. The molecule has 0 aliphatic heterocycles. The van der Waals surface area contributed by atoms with Gasteiger partial charge in [-0.05, 0) is 0 Å². The molecule has 2 N–H and O–H groups in total. The van der Waals surface area contributed by atoms with Gasteiger partial charge in [-0.2, -0.15) is 0 Å². The summed E-state index contributed by atoms with van der Waals surface area (Å²) in [5.74, 6) is 0. The molecular weight excluding hydrogens is 139 g/mol. The Labute approximate surface area is 68.3 Å². The van der Waals surface area contributed by atoms with Crippen molar-refractivity contribution in [3.63, 3.8) is 0 Å². The monoisotopic (exact) mass is 150 g/mol. The van der Waals surface area contributed by atoms with E-state index in [4.69, 9.17) is 7.85 Å². The fourth-order valence-electron chi connectivity index (χ4n) is 0.826. The summed E-state index contributed by atoms with van der Waals surface area (Å²) in [5, 5.41) is 0. The Morgan fingerprint density at radius 2 is 1.64 bits per heavy atom. The van der Waals surface area contributed by atoms with Gasteiger partial charge in [-0.25, -0.2) is 0 Å². The van der Waals surface area contributed by atoms with Crippen LogP contribution in [0.5, 0.6) is 0 Å². The minimum absolute atomic E-state index is 0. The molecule has 58 valence electrons. The van der Waals surface area contributed by atoms with Crippen molar-refractivity contribution in [1.29, 1.82) is 0 Å². The smallest absolute Gasteiger partial charge is 0.870 e. The van der Waals surface area contributed by atoms with Crippen LogP contribution in [0, 0.1) is 13.8 Å². The first-order valence-electron chi connectivity index (χ1n) is 3.03. The molecule has 0 spiro atoms. The third-order valence-electron chi connectivity index (χ3n) is 1.43. The number of hydrogen-bond acceptors (Lipinski definition) is 2. The molecule has 1 aromatic carbocycles. The van der Waals surface area contributed by atoms with Crippen LogP contribution in [0.25, 0.3) is 0 Å². The van der Waals surface area contributed by atoms with Crippen molar-refractivity contribution in [2.45, 2.75) is 13.8 Å². The molecule has 0 fully saturated rings. The number of aryl methyl sites for hydroxylation is 2. The topological polar surface area (TPSA) is 60.0 Å². The SMILES string of the molecule is [B+2]c1ccc(C)cc1C.[OH-].[OH-]. The zero-order chi connectivity index (χ0) is 6.85. The maximum atomic E-state index is 5.59. The second kappa shape index (κ2) is 4.94. The quantitative estimate of drug-likeness (QED) is 0.512. The fourth-order valence-corrected chi connectivity index (χ4v) is 0.826. The molecular formula is C8H11BO2. The molecule has 0 bridgehead atoms. The number of benzene rings is 1. The van der Waals surface area contributed by atoms with Crippen LogP contribution in [0.3, 0.4) is 0 Å². The number of hydrogen-bond donors (Lipinski definition) is 0. The Hall–Kier alpha value is -0.795. The van der Waals surface area contributed by atoms with Gasteiger partial charge in [0.05, 0.1) is 0 Å². The first-order valence-corrected chi connectivity index (χ1v) is 3.03. The van der Waals surface area contributed by atoms with Crippen molar-refractivity contribution in [2.75, 3.05) is 0 Å². The molecule has 1 aromatic rings. The van der Waals surface area contributed by atoms with Crippen molar-refractivity contribution in [3.8, 4) is 0 Å². The molecule has 0 aliphatic carbocycles. The van der Waals surface area contributed by atoms with E-state index in [0.29, 0.717) is 0 Å². The van der Waals surface area contributed by atoms with Gasteiger partial charge in [-0.1, -0.05) is 0 Å². The Kier molecular flexibility index (Phi) is 5.76. The third kappa shape index (κ3) is 3.21. The summed E-state index contributed by atoms with van der Waals surface area (Å²) in [6.07, 6.45) is 0. The molecule has 0 amide bonds.